The van der Waals surface area contributed by atoms with Crippen LogP contribution < -0.4 is 4.74 Å². The van der Waals surface area contributed by atoms with Crippen molar-refractivity contribution in [3.8, 4) is 5.75 Å². The number of carbonyl (C=O) groups excluding carboxylic acids is 1. The molecule has 80 valence electrons. The van der Waals surface area contributed by atoms with Crippen molar-refractivity contribution in [2.24, 2.45) is 0 Å². The Hall–Kier alpha value is -1.35. The van der Waals surface area contributed by atoms with E-state index in [-0.39, 0.29) is 5.78 Å². The Balaban J connectivity index is 2.15. The Morgan fingerprint density at radius 1 is 1.27 bits per heavy atom. The summed E-state index contributed by atoms with van der Waals surface area (Å²) in [5.74, 6) is 1.05. The summed E-state index contributed by atoms with van der Waals surface area (Å²) < 4.78 is 10.5. The smallest absolute Gasteiger partial charge is 0.163 e. The molecule has 0 radical (unpaired) electrons. The maximum absolute atomic E-state index is 11.5. The van der Waals surface area contributed by atoms with E-state index in [0.717, 1.165) is 23.3 Å². The molecule has 1 aromatic carbocycles. The Labute approximate surface area is 89.0 Å². The van der Waals surface area contributed by atoms with Crippen LogP contribution in [0.1, 0.15) is 22.3 Å². The molecule has 1 aliphatic carbocycles. The minimum atomic E-state index is 0.224. The number of carbonyl (C=O) groups is 1. The average molecular weight is 206 g/mol. The van der Waals surface area contributed by atoms with Gasteiger partial charge in [0.1, 0.15) is 12.4 Å². The van der Waals surface area contributed by atoms with Gasteiger partial charge < -0.3 is 9.47 Å². The lowest BCUT2D eigenvalue weighted by Crippen LogP contribution is -2.05. The van der Waals surface area contributed by atoms with Crippen LogP contribution in [-0.4, -0.2) is 26.1 Å². The van der Waals surface area contributed by atoms with E-state index >= 15 is 0 Å². The molecule has 1 aliphatic rings. The number of hydrogen-bond donors (Lipinski definition) is 0. The van der Waals surface area contributed by atoms with Crippen LogP contribution in [0.15, 0.2) is 18.2 Å². The Morgan fingerprint density at radius 2 is 2.13 bits per heavy atom. The molecule has 0 N–H and O–H groups in total. The normalized spacial score (nSPS) is 14.1. The van der Waals surface area contributed by atoms with Gasteiger partial charge in [-0.25, -0.2) is 0 Å². The van der Waals surface area contributed by atoms with Crippen molar-refractivity contribution in [1.82, 2.24) is 0 Å². The molecule has 0 saturated heterocycles. The van der Waals surface area contributed by atoms with Crippen molar-refractivity contribution < 1.29 is 14.3 Å². The maximum Gasteiger partial charge on any atom is 0.163 e. The van der Waals surface area contributed by atoms with E-state index in [1.165, 1.54) is 0 Å². The van der Waals surface area contributed by atoms with Crippen molar-refractivity contribution in [1.29, 1.82) is 0 Å². The highest BCUT2D eigenvalue weighted by Crippen LogP contribution is 2.30. The van der Waals surface area contributed by atoms with Crippen molar-refractivity contribution in [2.45, 2.75) is 12.8 Å². The molecule has 0 amide bonds. The predicted molar refractivity (Wildman–Crippen MR) is 56.5 cm³/mol. The summed E-state index contributed by atoms with van der Waals surface area (Å²) in [6.07, 6.45) is 1.41. The fourth-order valence-corrected chi connectivity index (χ4v) is 1.83. The van der Waals surface area contributed by atoms with Crippen LogP contribution in [0.25, 0.3) is 0 Å². The third-order valence-electron chi connectivity index (χ3n) is 2.58. The molecule has 0 saturated carbocycles. The van der Waals surface area contributed by atoms with Gasteiger partial charge in [0.05, 0.1) is 6.61 Å². The zero-order chi connectivity index (χ0) is 10.7. The molecule has 3 nitrogen and oxygen atoms in total. The maximum atomic E-state index is 11.5. The quantitative estimate of drug-likeness (QED) is 0.705. The second-order valence-electron chi connectivity index (χ2n) is 3.55. The summed E-state index contributed by atoms with van der Waals surface area (Å²) in [4.78, 5) is 11.5. The van der Waals surface area contributed by atoms with Crippen molar-refractivity contribution in [3.05, 3.63) is 29.3 Å². The Bertz CT molecular complexity index is 371. The molecule has 0 bridgehead atoms. The molecule has 1 aromatic rings. The average Bonchev–Trinajstić information content (AvgIpc) is 2.62. The summed E-state index contributed by atoms with van der Waals surface area (Å²) in [6.45, 7) is 1.10. The highest BCUT2D eigenvalue weighted by atomic mass is 16.5. The third kappa shape index (κ3) is 2.02. The van der Waals surface area contributed by atoms with E-state index in [9.17, 15) is 4.79 Å². The standard InChI is InChI=1S/C12H14O3/c1-14-7-8-15-12-4-2-3-9-10(12)5-6-11(9)13/h2-4H,5-8H2,1H3. The van der Waals surface area contributed by atoms with Crippen LogP contribution in [0.3, 0.4) is 0 Å². The van der Waals surface area contributed by atoms with Crippen LogP contribution >= 0.6 is 0 Å². The zero-order valence-electron chi connectivity index (χ0n) is 8.79. The van der Waals surface area contributed by atoms with Crippen LogP contribution in [0, 0.1) is 0 Å². The van der Waals surface area contributed by atoms with E-state index in [1.54, 1.807) is 7.11 Å². The SMILES string of the molecule is COCCOc1cccc2c1CCC2=O. The molecule has 0 atom stereocenters. The minimum Gasteiger partial charge on any atom is -0.491 e. The van der Waals surface area contributed by atoms with E-state index in [0.29, 0.717) is 19.6 Å². The number of Topliss-reactive ketones (excluding diaryl/α,β-unsaturated/α-hetero) is 1. The Kier molecular flexibility index (Phi) is 3.02. The van der Waals surface area contributed by atoms with Gasteiger partial charge in [-0.3, -0.25) is 4.79 Å². The lowest BCUT2D eigenvalue weighted by atomic mass is 10.1. The number of rotatable bonds is 4. The van der Waals surface area contributed by atoms with Crippen molar-refractivity contribution >= 4 is 5.78 Å². The van der Waals surface area contributed by atoms with Crippen LogP contribution in [0.4, 0.5) is 0 Å². The number of methoxy groups -OCH3 is 1. The van der Waals surface area contributed by atoms with Gasteiger partial charge in [-0.1, -0.05) is 12.1 Å². The third-order valence-corrected chi connectivity index (χ3v) is 2.58. The second-order valence-corrected chi connectivity index (χ2v) is 3.55. The molecule has 0 aromatic heterocycles. The van der Waals surface area contributed by atoms with Crippen molar-refractivity contribution in [2.75, 3.05) is 20.3 Å². The van der Waals surface area contributed by atoms with Gasteiger partial charge >= 0.3 is 0 Å². The fraction of sp³-hybridized carbons (Fsp3) is 0.417. The first-order valence-corrected chi connectivity index (χ1v) is 5.09. The molecule has 0 unspecified atom stereocenters. The van der Waals surface area contributed by atoms with Gasteiger partial charge in [0.2, 0.25) is 0 Å². The highest BCUT2D eigenvalue weighted by Gasteiger charge is 2.22. The summed E-state index contributed by atoms with van der Waals surface area (Å²) in [6, 6.07) is 5.64. The van der Waals surface area contributed by atoms with Crippen LogP contribution in [-0.2, 0) is 11.2 Å². The topological polar surface area (TPSA) is 35.5 Å². The molecule has 0 heterocycles. The van der Waals surface area contributed by atoms with Gasteiger partial charge in [0.15, 0.2) is 5.78 Å². The molecular weight excluding hydrogens is 192 g/mol. The van der Waals surface area contributed by atoms with E-state index < -0.39 is 0 Å². The number of ketones is 1. The van der Waals surface area contributed by atoms with Gasteiger partial charge in [-0.05, 0) is 12.5 Å². The highest BCUT2D eigenvalue weighted by molar-refractivity contribution is 6.01. The van der Waals surface area contributed by atoms with Gasteiger partial charge in [0.25, 0.3) is 0 Å². The molecule has 0 aliphatic heterocycles. The first kappa shape index (κ1) is 10.2. The lowest BCUT2D eigenvalue weighted by Gasteiger charge is -2.09. The number of benzene rings is 1. The van der Waals surface area contributed by atoms with Gasteiger partial charge in [0, 0.05) is 24.7 Å². The lowest BCUT2D eigenvalue weighted by molar-refractivity contribution is 0.0994. The minimum absolute atomic E-state index is 0.224. The first-order chi connectivity index (χ1) is 7.33. The largest absolute Gasteiger partial charge is 0.491 e. The fourth-order valence-electron chi connectivity index (χ4n) is 1.83. The second kappa shape index (κ2) is 4.45. The zero-order valence-corrected chi connectivity index (χ0v) is 8.79. The monoisotopic (exact) mass is 206 g/mol. The summed E-state index contributed by atoms with van der Waals surface area (Å²) in [5.41, 5.74) is 1.88. The number of ether oxygens (including phenoxy) is 2. The molecular formula is C12H14O3. The van der Waals surface area contributed by atoms with E-state index in [2.05, 4.69) is 0 Å². The number of hydrogen-bond acceptors (Lipinski definition) is 3. The first-order valence-electron chi connectivity index (χ1n) is 5.09. The van der Waals surface area contributed by atoms with E-state index in [4.69, 9.17) is 9.47 Å². The Morgan fingerprint density at radius 3 is 2.93 bits per heavy atom. The van der Waals surface area contributed by atoms with Gasteiger partial charge in [-0.2, -0.15) is 0 Å². The molecule has 3 heteroatoms. The van der Waals surface area contributed by atoms with Gasteiger partial charge in [-0.15, -0.1) is 0 Å². The molecule has 0 fully saturated rings. The van der Waals surface area contributed by atoms with Crippen molar-refractivity contribution in [3.63, 3.8) is 0 Å². The molecule has 15 heavy (non-hydrogen) atoms. The van der Waals surface area contributed by atoms with Crippen LogP contribution in [0.2, 0.25) is 0 Å². The summed E-state index contributed by atoms with van der Waals surface area (Å²) in [7, 11) is 1.64. The van der Waals surface area contributed by atoms with Crippen LogP contribution in [0.5, 0.6) is 5.75 Å². The predicted octanol–water partition coefficient (Wildman–Crippen LogP) is 1.84. The van der Waals surface area contributed by atoms with E-state index in [1.807, 2.05) is 18.2 Å². The number of fused-ring (bicyclic) bond motifs is 1. The molecule has 0 spiro atoms. The summed E-state index contributed by atoms with van der Waals surface area (Å²) in [5, 5.41) is 0. The molecule has 2 rings (SSSR count). The summed E-state index contributed by atoms with van der Waals surface area (Å²) >= 11 is 0.